The number of allylic oxidation sites excluding steroid dienone is 4. The molecule has 1 amide bonds. The Bertz CT molecular complexity index is 600. The predicted octanol–water partition coefficient (Wildman–Crippen LogP) is 4.54. The molecule has 134 valence electrons. The van der Waals surface area contributed by atoms with Crippen molar-refractivity contribution in [2.45, 2.75) is 65.5 Å². The zero-order chi connectivity index (χ0) is 18.1. The predicted molar refractivity (Wildman–Crippen MR) is 85.0 cm³/mol. The Hall–Kier alpha value is -1.59. The number of nitrogens with zero attached hydrogens (tertiary/aromatic N) is 1. The summed E-state index contributed by atoms with van der Waals surface area (Å²) in [4.78, 5) is 25.0. The summed E-state index contributed by atoms with van der Waals surface area (Å²) in [6, 6.07) is 0. The second-order valence-electron chi connectivity index (χ2n) is 7.39. The van der Waals surface area contributed by atoms with E-state index >= 15 is 0 Å². The topological polar surface area (TPSA) is 37.4 Å². The molecule has 0 saturated carbocycles. The van der Waals surface area contributed by atoms with Crippen LogP contribution in [0.4, 0.5) is 13.2 Å². The van der Waals surface area contributed by atoms with E-state index in [0.29, 0.717) is 37.0 Å². The van der Waals surface area contributed by atoms with Gasteiger partial charge in [-0.15, -0.1) is 0 Å². The largest absolute Gasteiger partial charge is 0.471 e. The van der Waals surface area contributed by atoms with Crippen LogP contribution in [0.15, 0.2) is 22.9 Å². The number of hydrogen-bond acceptors (Lipinski definition) is 2. The molecule has 0 N–H and O–H groups in total. The van der Waals surface area contributed by atoms with Crippen molar-refractivity contribution in [1.82, 2.24) is 4.90 Å². The lowest BCUT2D eigenvalue weighted by Crippen LogP contribution is -2.46. The van der Waals surface area contributed by atoms with Gasteiger partial charge in [0.25, 0.3) is 0 Å². The normalized spacial score (nSPS) is 24.8. The van der Waals surface area contributed by atoms with E-state index in [0.717, 1.165) is 17.7 Å². The van der Waals surface area contributed by atoms with Crippen LogP contribution < -0.4 is 0 Å². The van der Waals surface area contributed by atoms with Crippen molar-refractivity contribution in [3.05, 3.63) is 22.9 Å². The molecular formula is C18H24F3NO2. The van der Waals surface area contributed by atoms with Crippen LogP contribution in [0, 0.1) is 5.41 Å². The molecule has 0 spiro atoms. The lowest BCUT2D eigenvalue weighted by molar-refractivity contribution is -0.184. The molecule has 1 aliphatic heterocycles. The van der Waals surface area contributed by atoms with Crippen LogP contribution in [-0.2, 0) is 9.59 Å². The molecule has 3 nitrogen and oxygen atoms in total. The van der Waals surface area contributed by atoms with Gasteiger partial charge in [-0.3, -0.25) is 9.59 Å². The van der Waals surface area contributed by atoms with Crippen LogP contribution in [0.2, 0.25) is 0 Å². The van der Waals surface area contributed by atoms with E-state index in [9.17, 15) is 22.8 Å². The number of alkyl halides is 3. The molecule has 0 radical (unpaired) electrons. The number of ketones is 1. The van der Waals surface area contributed by atoms with Crippen LogP contribution in [-0.4, -0.2) is 29.3 Å². The standard InChI is InChI=1S/C18H24F3NO2/c1-12(2)6-4-8-17(3)10-14-13(15(23)11-17)7-5-9-22(14)16(24)18(19,20)21/h6H,4-5,7-11H2,1-3H3/t17-/m1/s1. The third-order valence-corrected chi connectivity index (χ3v) is 4.79. The van der Waals surface area contributed by atoms with Gasteiger partial charge in [0, 0.05) is 24.2 Å². The summed E-state index contributed by atoms with van der Waals surface area (Å²) in [7, 11) is 0. The number of carbonyl (C=O) groups excluding carboxylic acids is 2. The second kappa shape index (κ2) is 6.73. The molecule has 0 aromatic carbocycles. The maximum Gasteiger partial charge on any atom is 0.471 e. The first kappa shape index (κ1) is 18.7. The number of hydrogen-bond donors (Lipinski definition) is 0. The van der Waals surface area contributed by atoms with Gasteiger partial charge in [-0.1, -0.05) is 18.6 Å². The summed E-state index contributed by atoms with van der Waals surface area (Å²) in [5.74, 6) is -1.95. The Morgan fingerprint density at radius 2 is 1.96 bits per heavy atom. The Kier molecular flexibility index (Phi) is 5.25. The fraction of sp³-hybridized carbons (Fsp3) is 0.667. The quantitative estimate of drug-likeness (QED) is 0.706. The lowest BCUT2D eigenvalue weighted by Gasteiger charge is -2.41. The molecule has 0 fully saturated rings. The van der Waals surface area contributed by atoms with Crippen molar-refractivity contribution in [3.8, 4) is 0 Å². The molecule has 24 heavy (non-hydrogen) atoms. The van der Waals surface area contributed by atoms with E-state index in [4.69, 9.17) is 0 Å². The SMILES string of the molecule is CC(C)=CCC[C@@]1(C)CC(=O)C2=C(C1)N(C(=O)C(F)(F)F)CCC2. The minimum absolute atomic E-state index is 0.0362. The second-order valence-corrected chi connectivity index (χ2v) is 7.39. The maximum absolute atomic E-state index is 12.9. The molecular weight excluding hydrogens is 319 g/mol. The third-order valence-electron chi connectivity index (χ3n) is 4.79. The van der Waals surface area contributed by atoms with Gasteiger partial charge in [0.05, 0.1) is 0 Å². The van der Waals surface area contributed by atoms with E-state index in [1.807, 2.05) is 20.8 Å². The Labute approximate surface area is 140 Å². The molecule has 1 heterocycles. The first-order valence-electron chi connectivity index (χ1n) is 8.31. The molecule has 0 aromatic rings. The van der Waals surface area contributed by atoms with Crippen molar-refractivity contribution < 1.29 is 22.8 Å². The molecule has 0 bridgehead atoms. The molecule has 1 atom stereocenters. The number of halogens is 3. The van der Waals surface area contributed by atoms with Crippen molar-refractivity contribution in [2.24, 2.45) is 5.41 Å². The molecule has 0 unspecified atom stereocenters. The van der Waals surface area contributed by atoms with Crippen LogP contribution in [0.1, 0.15) is 59.3 Å². The average molecular weight is 343 g/mol. The van der Waals surface area contributed by atoms with Crippen LogP contribution in [0.25, 0.3) is 0 Å². The van der Waals surface area contributed by atoms with Gasteiger partial charge < -0.3 is 4.90 Å². The van der Waals surface area contributed by atoms with Crippen LogP contribution >= 0.6 is 0 Å². The Morgan fingerprint density at radius 1 is 1.29 bits per heavy atom. The smallest absolute Gasteiger partial charge is 0.308 e. The van der Waals surface area contributed by atoms with Gasteiger partial charge in [0.15, 0.2) is 5.78 Å². The molecule has 2 aliphatic rings. The number of amides is 1. The molecule has 0 saturated heterocycles. The summed E-state index contributed by atoms with van der Waals surface area (Å²) in [6.45, 7) is 5.94. The minimum atomic E-state index is -4.91. The summed E-state index contributed by atoms with van der Waals surface area (Å²) in [5, 5.41) is 0. The van der Waals surface area contributed by atoms with Crippen LogP contribution in [0.5, 0.6) is 0 Å². The zero-order valence-corrected chi connectivity index (χ0v) is 14.4. The third kappa shape index (κ3) is 4.08. The number of rotatable bonds is 3. The fourth-order valence-electron chi connectivity index (χ4n) is 3.58. The summed E-state index contributed by atoms with van der Waals surface area (Å²) < 4.78 is 38.6. The highest BCUT2D eigenvalue weighted by Gasteiger charge is 2.47. The van der Waals surface area contributed by atoms with Crippen molar-refractivity contribution in [3.63, 3.8) is 0 Å². The maximum atomic E-state index is 12.9. The molecule has 0 aromatic heterocycles. The van der Waals surface area contributed by atoms with E-state index in [-0.39, 0.29) is 12.3 Å². The highest BCUT2D eigenvalue weighted by atomic mass is 19.4. The van der Waals surface area contributed by atoms with E-state index in [2.05, 4.69) is 6.08 Å². The van der Waals surface area contributed by atoms with Crippen LogP contribution in [0.3, 0.4) is 0 Å². The van der Waals surface area contributed by atoms with Gasteiger partial charge in [0.1, 0.15) is 0 Å². The Balaban J connectivity index is 2.27. The Morgan fingerprint density at radius 3 is 2.54 bits per heavy atom. The average Bonchev–Trinajstić information content (AvgIpc) is 2.44. The van der Waals surface area contributed by atoms with Gasteiger partial charge in [0.2, 0.25) is 0 Å². The van der Waals surface area contributed by atoms with E-state index in [1.54, 1.807) is 0 Å². The van der Waals surface area contributed by atoms with Gasteiger partial charge >= 0.3 is 12.1 Å². The van der Waals surface area contributed by atoms with Crippen molar-refractivity contribution in [1.29, 1.82) is 0 Å². The van der Waals surface area contributed by atoms with Crippen molar-refractivity contribution in [2.75, 3.05) is 6.54 Å². The minimum Gasteiger partial charge on any atom is -0.308 e. The molecule has 2 rings (SSSR count). The lowest BCUT2D eigenvalue weighted by atomic mass is 9.70. The summed E-state index contributed by atoms with van der Waals surface area (Å²) in [5.41, 5.74) is 1.51. The van der Waals surface area contributed by atoms with Gasteiger partial charge in [-0.25, -0.2) is 0 Å². The highest BCUT2D eigenvalue weighted by Crippen LogP contribution is 2.45. The first-order valence-corrected chi connectivity index (χ1v) is 8.31. The van der Waals surface area contributed by atoms with E-state index < -0.39 is 17.5 Å². The summed E-state index contributed by atoms with van der Waals surface area (Å²) >= 11 is 0. The van der Waals surface area contributed by atoms with Gasteiger partial charge in [-0.05, 0) is 51.4 Å². The molecule has 1 aliphatic carbocycles. The first-order chi connectivity index (χ1) is 11.0. The highest BCUT2D eigenvalue weighted by molar-refractivity contribution is 5.99. The van der Waals surface area contributed by atoms with Crippen molar-refractivity contribution >= 4 is 11.7 Å². The van der Waals surface area contributed by atoms with Gasteiger partial charge in [-0.2, -0.15) is 13.2 Å². The molecule has 6 heteroatoms. The summed E-state index contributed by atoms with van der Waals surface area (Å²) in [6.07, 6.45) is 0.230. The van der Waals surface area contributed by atoms with E-state index in [1.165, 1.54) is 5.57 Å². The zero-order valence-electron chi connectivity index (χ0n) is 14.4. The fourth-order valence-corrected chi connectivity index (χ4v) is 3.58. The number of carbonyl (C=O) groups is 2. The number of Topliss-reactive ketones (excluding diaryl/α,β-unsaturated/α-hetero) is 1. The monoisotopic (exact) mass is 343 g/mol.